The topological polar surface area (TPSA) is 30.3 Å². The van der Waals surface area contributed by atoms with E-state index in [0.29, 0.717) is 26.2 Å². The molecule has 124 valence electrons. The lowest BCUT2D eigenvalue weighted by atomic mass is 10.1. The van der Waals surface area contributed by atoms with E-state index in [4.69, 9.17) is 16.9 Å². The molecule has 3 rings (SSSR count). The van der Waals surface area contributed by atoms with Crippen molar-refractivity contribution < 1.29 is 8.78 Å². The molecule has 0 spiro atoms. The molecule has 1 heterocycles. The van der Waals surface area contributed by atoms with Crippen molar-refractivity contribution in [1.29, 1.82) is 5.26 Å². The maximum Gasteiger partial charge on any atom is 0.148 e. The van der Waals surface area contributed by atoms with Crippen LogP contribution in [0.4, 0.5) is 20.2 Å². The molecule has 1 aliphatic heterocycles. The number of hydrogen-bond acceptors (Lipinski definition) is 3. The Morgan fingerprint density at radius 2 is 1.67 bits per heavy atom. The van der Waals surface area contributed by atoms with Crippen molar-refractivity contribution in [2.45, 2.75) is 6.92 Å². The monoisotopic (exact) mass is 347 g/mol. The molecule has 0 amide bonds. The van der Waals surface area contributed by atoms with Crippen LogP contribution < -0.4 is 9.80 Å². The molecule has 0 unspecified atom stereocenters. The second-order valence-corrected chi connectivity index (χ2v) is 6.21. The minimum absolute atomic E-state index is 0.202. The molecular weight excluding hydrogens is 332 g/mol. The first-order valence-electron chi connectivity index (χ1n) is 7.65. The highest BCUT2D eigenvalue weighted by Gasteiger charge is 2.21. The summed E-state index contributed by atoms with van der Waals surface area (Å²) in [6.45, 7) is 4.44. The zero-order valence-electron chi connectivity index (χ0n) is 13.2. The lowest BCUT2D eigenvalue weighted by Crippen LogP contribution is -2.46. The third-order valence-electron chi connectivity index (χ3n) is 4.30. The number of aryl methyl sites for hydroxylation is 1. The largest absolute Gasteiger partial charge is 0.368 e. The highest BCUT2D eigenvalue weighted by Crippen LogP contribution is 2.27. The molecule has 0 aliphatic carbocycles. The molecule has 0 atom stereocenters. The molecule has 24 heavy (non-hydrogen) atoms. The summed E-state index contributed by atoms with van der Waals surface area (Å²) in [6, 6.07) is 9.62. The Kier molecular flexibility index (Phi) is 4.59. The second-order valence-electron chi connectivity index (χ2n) is 5.80. The smallest absolute Gasteiger partial charge is 0.148 e. The molecule has 2 aromatic rings. The van der Waals surface area contributed by atoms with Gasteiger partial charge in [0.15, 0.2) is 0 Å². The van der Waals surface area contributed by atoms with Crippen LogP contribution in [0.5, 0.6) is 0 Å². The van der Waals surface area contributed by atoms with Crippen LogP contribution in [0.15, 0.2) is 30.3 Å². The average molecular weight is 348 g/mol. The first kappa shape index (κ1) is 16.5. The van der Waals surface area contributed by atoms with Gasteiger partial charge in [-0.25, -0.2) is 8.78 Å². The predicted octanol–water partition coefficient (Wildman–Crippen LogP) is 4.12. The van der Waals surface area contributed by atoms with Crippen LogP contribution in [-0.4, -0.2) is 26.2 Å². The van der Waals surface area contributed by atoms with Crippen LogP contribution in [0.2, 0.25) is 5.02 Å². The molecule has 0 aromatic heterocycles. The Bertz CT molecular complexity index is 809. The van der Waals surface area contributed by atoms with Crippen LogP contribution in [-0.2, 0) is 0 Å². The van der Waals surface area contributed by atoms with Crippen molar-refractivity contribution in [3.05, 3.63) is 58.1 Å². The number of piperazine rings is 1. The lowest BCUT2D eigenvalue weighted by Gasteiger charge is -2.37. The highest BCUT2D eigenvalue weighted by atomic mass is 35.5. The van der Waals surface area contributed by atoms with Crippen molar-refractivity contribution in [2.24, 2.45) is 0 Å². The summed E-state index contributed by atoms with van der Waals surface area (Å²) in [5.41, 5.74) is 1.98. The average Bonchev–Trinajstić information content (AvgIpc) is 2.59. The minimum Gasteiger partial charge on any atom is -0.368 e. The van der Waals surface area contributed by atoms with E-state index in [1.807, 2.05) is 25.1 Å². The summed E-state index contributed by atoms with van der Waals surface area (Å²) in [7, 11) is 0. The van der Waals surface area contributed by atoms with Crippen LogP contribution >= 0.6 is 11.6 Å². The number of benzene rings is 2. The summed E-state index contributed by atoms with van der Waals surface area (Å²) >= 11 is 6.17. The molecule has 2 aromatic carbocycles. The van der Waals surface area contributed by atoms with Crippen LogP contribution in [0, 0.1) is 29.9 Å². The van der Waals surface area contributed by atoms with Gasteiger partial charge in [0, 0.05) is 43.0 Å². The molecule has 0 radical (unpaired) electrons. The van der Waals surface area contributed by atoms with Gasteiger partial charge in [-0.05, 0) is 30.7 Å². The maximum absolute atomic E-state index is 14.1. The number of nitrogens with zero attached hydrogens (tertiary/aromatic N) is 3. The fourth-order valence-electron chi connectivity index (χ4n) is 2.85. The molecule has 0 bridgehead atoms. The Morgan fingerprint density at radius 3 is 2.29 bits per heavy atom. The van der Waals surface area contributed by atoms with Gasteiger partial charge in [-0.1, -0.05) is 17.7 Å². The highest BCUT2D eigenvalue weighted by molar-refractivity contribution is 6.31. The molecule has 1 aliphatic rings. The van der Waals surface area contributed by atoms with Gasteiger partial charge in [0.25, 0.3) is 0 Å². The van der Waals surface area contributed by atoms with E-state index in [1.165, 1.54) is 0 Å². The normalized spacial score (nSPS) is 14.6. The molecule has 1 saturated heterocycles. The van der Waals surface area contributed by atoms with Gasteiger partial charge in [-0.2, -0.15) is 5.26 Å². The van der Waals surface area contributed by atoms with Gasteiger partial charge in [0.05, 0.1) is 11.3 Å². The number of anilines is 2. The summed E-state index contributed by atoms with van der Waals surface area (Å²) in [5, 5.41) is 9.48. The van der Waals surface area contributed by atoms with Crippen LogP contribution in [0.1, 0.15) is 11.1 Å². The van der Waals surface area contributed by atoms with E-state index >= 15 is 0 Å². The van der Waals surface area contributed by atoms with Gasteiger partial charge in [0.2, 0.25) is 0 Å². The van der Waals surface area contributed by atoms with E-state index in [0.717, 1.165) is 28.4 Å². The Balaban J connectivity index is 1.74. The summed E-state index contributed by atoms with van der Waals surface area (Å²) in [5.74, 6) is -1.26. The van der Waals surface area contributed by atoms with E-state index in [1.54, 1.807) is 11.0 Å². The van der Waals surface area contributed by atoms with E-state index in [9.17, 15) is 8.78 Å². The molecular formula is C18H16ClF2N3. The zero-order valence-corrected chi connectivity index (χ0v) is 13.9. The summed E-state index contributed by atoms with van der Waals surface area (Å²) < 4.78 is 27.9. The maximum atomic E-state index is 14.1. The third kappa shape index (κ3) is 3.15. The molecule has 0 saturated carbocycles. The Morgan fingerprint density at radius 1 is 1.00 bits per heavy atom. The predicted molar refractivity (Wildman–Crippen MR) is 91.7 cm³/mol. The van der Waals surface area contributed by atoms with Crippen molar-refractivity contribution in [1.82, 2.24) is 0 Å². The van der Waals surface area contributed by atoms with E-state index < -0.39 is 11.6 Å². The fourth-order valence-corrected chi connectivity index (χ4v) is 3.02. The zero-order chi connectivity index (χ0) is 17.3. The molecule has 3 nitrogen and oxygen atoms in total. The quantitative estimate of drug-likeness (QED) is 0.818. The first-order valence-corrected chi connectivity index (χ1v) is 8.02. The third-order valence-corrected chi connectivity index (χ3v) is 4.71. The van der Waals surface area contributed by atoms with Crippen molar-refractivity contribution in [3.63, 3.8) is 0 Å². The van der Waals surface area contributed by atoms with Gasteiger partial charge in [0.1, 0.15) is 17.7 Å². The SMILES string of the molecule is Cc1ccc(N2CCN(c3cc(F)c(C#N)cc3F)CC2)cc1Cl. The van der Waals surface area contributed by atoms with E-state index in [2.05, 4.69) is 4.90 Å². The second kappa shape index (κ2) is 6.66. The lowest BCUT2D eigenvalue weighted by molar-refractivity contribution is 0.578. The summed E-state index contributed by atoms with van der Waals surface area (Å²) in [4.78, 5) is 3.96. The van der Waals surface area contributed by atoms with Crippen molar-refractivity contribution >= 4 is 23.0 Å². The molecule has 1 fully saturated rings. The van der Waals surface area contributed by atoms with Gasteiger partial charge in [-0.15, -0.1) is 0 Å². The number of rotatable bonds is 2. The Hall–Kier alpha value is -2.32. The standard InChI is InChI=1S/C18H16ClF2N3/c1-12-2-3-14(9-15(12)19)23-4-6-24(7-5-23)18-10-16(20)13(11-22)8-17(18)21/h2-3,8-10H,4-7H2,1H3. The minimum atomic E-state index is -0.693. The Labute approximate surface area is 144 Å². The van der Waals surface area contributed by atoms with Crippen molar-refractivity contribution in [3.8, 4) is 6.07 Å². The van der Waals surface area contributed by atoms with Crippen LogP contribution in [0.3, 0.4) is 0 Å². The number of nitriles is 1. The van der Waals surface area contributed by atoms with Gasteiger partial charge < -0.3 is 9.80 Å². The fraction of sp³-hybridized carbons (Fsp3) is 0.278. The van der Waals surface area contributed by atoms with Gasteiger partial charge >= 0.3 is 0 Å². The first-order chi connectivity index (χ1) is 11.5. The number of halogens is 3. The molecule has 6 heteroatoms. The van der Waals surface area contributed by atoms with Gasteiger partial charge in [-0.3, -0.25) is 0 Å². The number of hydrogen-bond donors (Lipinski definition) is 0. The van der Waals surface area contributed by atoms with Crippen LogP contribution in [0.25, 0.3) is 0 Å². The molecule has 0 N–H and O–H groups in total. The van der Waals surface area contributed by atoms with E-state index in [-0.39, 0.29) is 11.3 Å². The van der Waals surface area contributed by atoms with Crippen molar-refractivity contribution in [2.75, 3.05) is 36.0 Å². The summed E-state index contributed by atoms with van der Waals surface area (Å²) in [6.07, 6.45) is 0.